The summed E-state index contributed by atoms with van der Waals surface area (Å²) in [5, 5.41) is 2.92. The van der Waals surface area contributed by atoms with E-state index in [2.05, 4.69) is 10.2 Å². The molecule has 0 aromatic heterocycles. The Balaban J connectivity index is 1.27. The third-order valence-electron chi connectivity index (χ3n) is 7.09. The Labute approximate surface area is 213 Å². The lowest BCUT2D eigenvalue weighted by Crippen LogP contribution is -2.48. The number of amides is 3. The minimum absolute atomic E-state index is 0.0125. The quantitative estimate of drug-likeness (QED) is 0.609. The molecule has 36 heavy (non-hydrogen) atoms. The molecule has 1 aliphatic carbocycles. The predicted molar refractivity (Wildman–Crippen MR) is 140 cm³/mol. The van der Waals surface area contributed by atoms with Crippen molar-refractivity contribution < 1.29 is 19.1 Å². The van der Waals surface area contributed by atoms with Gasteiger partial charge in [-0.25, -0.2) is 0 Å². The van der Waals surface area contributed by atoms with E-state index in [1.54, 1.807) is 36.3 Å². The van der Waals surface area contributed by atoms with Gasteiger partial charge in [-0.05, 0) is 75.2 Å². The van der Waals surface area contributed by atoms with Gasteiger partial charge in [0.2, 0.25) is 11.8 Å². The minimum atomic E-state index is -0.185. The summed E-state index contributed by atoms with van der Waals surface area (Å²) in [5.74, 6) is 0.740. The van der Waals surface area contributed by atoms with Crippen molar-refractivity contribution in [2.45, 2.75) is 39.2 Å². The second-order valence-corrected chi connectivity index (χ2v) is 9.79. The first kappa shape index (κ1) is 25.5. The van der Waals surface area contributed by atoms with E-state index in [1.165, 1.54) is 0 Å². The fraction of sp³-hybridized carbons (Fsp3) is 0.464. The normalized spacial score (nSPS) is 15.9. The van der Waals surface area contributed by atoms with E-state index in [-0.39, 0.29) is 36.2 Å². The maximum atomic E-state index is 12.8. The highest BCUT2D eigenvalue weighted by Crippen LogP contribution is 2.29. The highest BCUT2D eigenvalue weighted by atomic mass is 16.5. The van der Waals surface area contributed by atoms with Crippen LogP contribution in [-0.2, 0) is 9.59 Å². The topological polar surface area (TPSA) is 82.2 Å². The van der Waals surface area contributed by atoms with E-state index >= 15 is 0 Å². The standard InChI is InChI=1S/C28H36N4O4/c1-20(2)32(28(35)21-5-4-6-21)19-26(33)29-23-9-11-24(12-10-23)30-15-17-31(18-16-30)27(34)22-7-13-25(36-3)14-8-22/h7-14,20-21H,4-6,15-19H2,1-3H3,(H,29,33). The minimum Gasteiger partial charge on any atom is -0.497 e. The lowest BCUT2D eigenvalue weighted by Gasteiger charge is -2.36. The van der Waals surface area contributed by atoms with Gasteiger partial charge in [0.1, 0.15) is 12.3 Å². The number of hydrogen-bond donors (Lipinski definition) is 1. The second-order valence-electron chi connectivity index (χ2n) is 9.79. The number of benzene rings is 2. The highest BCUT2D eigenvalue weighted by Gasteiger charge is 2.31. The number of nitrogens with zero attached hydrogens (tertiary/aromatic N) is 3. The molecule has 2 aromatic rings. The summed E-state index contributed by atoms with van der Waals surface area (Å²) < 4.78 is 5.17. The van der Waals surface area contributed by atoms with Crippen LogP contribution in [0.3, 0.4) is 0 Å². The van der Waals surface area contributed by atoms with Gasteiger partial charge in [-0.2, -0.15) is 0 Å². The first-order chi connectivity index (χ1) is 17.4. The van der Waals surface area contributed by atoms with Crippen LogP contribution in [0, 0.1) is 5.92 Å². The molecule has 8 nitrogen and oxygen atoms in total. The Hall–Kier alpha value is -3.55. The Morgan fingerprint density at radius 3 is 2.14 bits per heavy atom. The Kier molecular flexibility index (Phi) is 8.13. The van der Waals surface area contributed by atoms with E-state index in [0.717, 1.165) is 43.8 Å². The van der Waals surface area contributed by atoms with Crippen LogP contribution in [0.4, 0.5) is 11.4 Å². The molecule has 1 heterocycles. The molecule has 0 spiro atoms. The number of nitrogens with one attached hydrogen (secondary N) is 1. The van der Waals surface area contributed by atoms with E-state index < -0.39 is 0 Å². The number of hydrogen-bond acceptors (Lipinski definition) is 5. The van der Waals surface area contributed by atoms with E-state index in [0.29, 0.717) is 24.3 Å². The first-order valence-electron chi connectivity index (χ1n) is 12.7. The lowest BCUT2D eigenvalue weighted by atomic mass is 9.84. The van der Waals surface area contributed by atoms with Crippen molar-refractivity contribution in [2.75, 3.05) is 50.1 Å². The number of ether oxygens (including phenoxy) is 1. The van der Waals surface area contributed by atoms with Gasteiger partial charge in [0.15, 0.2) is 0 Å². The van der Waals surface area contributed by atoms with Gasteiger partial charge in [0.05, 0.1) is 7.11 Å². The molecule has 1 aliphatic heterocycles. The van der Waals surface area contributed by atoms with Crippen LogP contribution in [0.2, 0.25) is 0 Å². The summed E-state index contributed by atoms with van der Waals surface area (Å²) >= 11 is 0. The number of methoxy groups -OCH3 is 1. The Bertz CT molecular complexity index is 1060. The molecule has 2 fully saturated rings. The fourth-order valence-electron chi connectivity index (χ4n) is 4.60. The average molecular weight is 493 g/mol. The largest absolute Gasteiger partial charge is 0.497 e. The molecule has 4 rings (SSSR count). The van der Waals surface area contributed by atoms with Crippen LogP contribution in [0.25, 0.3) is 0 Å². The van der Waals surface area contributed by atoms with Crippen LogP contribution in [0.5, 0.6) is 5.75 Å². The summed E-state index contributed by atoms with van der Waals surface area (Å²) in [5.41, 5.74) is 2.42. The van der Waals surface area contributed by atoms with Crippen LogP contribution in [0.15, 0.2) is 48.5 Å². The molecule has 0 unspecified atom stereocenters. The van der Waals surface area contributed by atoms with Crippen molar-refractivity contribution >= 4 is 29.1 Å². The Morgan fingerprint density at radius 2 is 1.61 bits per heavy atom. The SMILES string of the molecule is COc1ccc(C(=O)N2CCN(c3ccc(NC(=O)CN(C(=O)C4CCC4)C(C)C)cc3)CC2)cc1. The van der Waals surface area contributed by atoms with Gasteiger partial charge in [-0.1, -0.05) is 6.42 Å². The summed E-state index contributed by atoms with van der Waals surface area (Å²) in [6.45, 7) is 6.72. The van der Waals surface area contributed by atoms with Crippen LogP contribution in [0.1, 0.15) is 43.5 Å². The molecular weight excluding hydrogens is 456 g/mol. The zero-order valence-corrected chi connectivity index (χ0v) is 21.4. The predicted octanol–water partition coefficient (Wildman–Crippen LogP) is 3.63. The molecule has 2 aliphatic rings. The first-order valence-corrected chi connectivity index (χ1v) is 12.7. The van der Waals surface area contributed by atoms with E-state index in [1.807, 2.05) is 43.0 Å². The number of carbonyl (C=O) groups is 3. The van der Waals surface area contributed by atoms with Crippen molar-refractivity contribution in [1.29, 1.82) is 0 Å². The van der Waals surface area contributed by atoms with Gasteiger partial charge in [-0.3, -0.25) is 14.4 Å². The van der Waals surface area contributed by atoms with E-state index in [4.69, 9.17) is 4.74 Å². The van der Waals surface area contributed by atoms with Gasteiger partial charge in [-0.15, -0.1) is 0 Å². The molecule has 1 N–H and O–H groups in total. The smallest absolute Gasteiger partial charge is 0.253 e. The molecular formula is C28H36N4O4. The lowest BCUT2D eigenvalue weighted by molar-refractivity contribution is -0.142. The van der Waals surface area contributed by atoms with E-state index in [9.17, 15) is 14.4 Å². The summed E-state index contributed by atoms with van der Waals surface area (Å²) in [4.78, 5) is 43.9. The monoisotopic (exact) mass is 492 g/mol. The highest BCUT2D eigenvalue weighted by molar-refractivity contribution is 5.95. The molecule has 2 aromatic carbocycles. The zero-order valence-electron chi connectivity index (χ0n) is 21.4. The molecule has 0 atom stereocenters. The Morgan fingerprint density at radius 1 is 0.972 bits per heavy atom. The molecule has 8 heteroatoms. The fourth-order valence-corrected chi connectivity index (χ4v) is 4.60. The van der Waals surface area contributed by atoms with Gasteiger partial charge in [0, 0.05) is 55.1 Å². The number of anilines is 2. The second kappa shape index (κ2) is 11.5. The van der Waals surface area contributed by atoms with Gasteiger partial charge < -0.3 is 24.8 Å². The zero-order chi connectivity index (χ0) is 25.7. The van der Waals surface area contributed by atoms with Crippen molar-refractivity contribution in [3.63, 3.8) is 0 Å². The summed E-state index contributed by atoms with van der Waals surface area (Å²) in [7, 11) is 1.61. The molecule has 192 valence electrons. The maximum absolute atomic E-state index is 12.8. The van der Waals surface area contributed by atoms with Gasteiger partial charge in [0.25, 0.3) is 5.91 Å². The molecule has 1 saturated carbocycles. The molecule has 0 radical (unpaired) electrons. The van der Waals surface area contributed by atoms with Crippen molar-refractivity contribution in [3.8, 4) is 5.75 Å². The van der Waals surface area contributed by atoms with Crippen LogP contribution < -0.4 is 15.0 Å². The van der Waals surface area contributed by atoms with Crippen LogP contribution >= 0.6 is 0 Å². The van der Waals surface area contributed by atoms with Crippen molar-refractivity contribution in [2.24, 2.45) is 5.92 Å². The number of rotatable bonds is 8. The summed E-state index contributed by atoms with van der Waals surface area (Å²) in [6.07, 6.45) is 2.94. The van der Waals surface area contributed by atoms with Crippen molar-refractivity contribution in [1.82, 2.24) is 9.80 Å². The maximum Gasteiger partial charge on any atom is 0.253 e. The molecule has 0 bridgehead atoms. The molecule has 3 amide bonds. The number of piperazine rings is 1. The third-order valence-corrected chi connectivity index (χ3v) is 7.09. The third kappa shape index (κ3) is 5.98. The van der Waals surface area contributed by atoms with Gasteiger partial charge >= 0.3 is 0 Å². The average Bonchev–Trinajstić information content (AvgIpc) is 2.86. The van der Waals surface area contributed by atoms with Crippen molar-refractivity contribution in [3.05, 3.63) is 54.1 Å². The molecule has 1 saturated heterocycles. The van der Waals surface area contributed by atoms with Crippen LogP contribution in [-0.4, -0.2) is 73.4 Å². The summed E-state index contributed by atoms with van der Waals surface area (Å²) in [6, 6.07) is 14.9. The number of carbonyl (C=O) groups excluding carboxylic acids is 3.